The summed E-state index contributed by atoms with van der Waals surface area (Å²) in [5, 5.41) is 28.7. The average Bonchev–Trinajstić information content (AvgIpc) is 2.37. The molecule has 1 rings (SSSR count). The van der Waals surface area contributed by atoms with E-state index in [1.165, 1.54) is 18.2 Å². The summed E-state index contributed by atoms with van der Waals surface area (Å²) in [7, 11) is 0. The normalized spacial score (nSPS) is 9.95. The lowest BCUT2D eigenvalue weighted by atomic mass is 10.1. The molecule has 0 heterocycles. The van der Waals surface area contributed by atoms with Gasteiger partial charge in [-0.25, -0.2) is 4.79 Å². The van der Waals surface area contributed by atoms with Gasteiger partial charge >= 0.3 is 5.97 Å². The minimum Gasteiger partial charge on any atom is -0.477 e. The Balaban J connectivity index is 3.22. The van der Waals surface area contributed by atoms with Gasteiger partial charge in [0.2, 0.25) is 0 Å². The number of carbonyl (C=O) groups is 1. The molecule has 2 N–H and O–H groups in total. The van der Waals surface area contributed by atoms with Crippen LogP contribution in [0.2, 0.25) is 0 Å². The molecule has 19 heavy (non-hydrogen) atoms. The van der Waals surface area contributed by atoms with Crippen molar-refractivity contribution in [2.45, 2.75) is 0 Å². The van der Waals surface area contributed by atoms with Gasteiger partial charge in [0.25, 0.3) is 5.69 Å². The topological polar surface area (TPSA) is 104 Å². The summed E-state index contributed by atoms with van der Waals surface area (Å²) in [6.45, 7) is 4.10. The number of benzene rings is 1. The van der Waals surface area contributed by atoms with Crippen LogP contribution in [0.25, 0.3) is 0 Å². The maximum Gasteiger partial charge on any atom is 0.342 e. The molecule has 0 aliphatic rings. The molecular weight excluding hydrogens is 252 g/mol. The van der Waals surface area contributed by atoms with Crippen LogP contribution in [0.15, 0.2) is 30.9 Å². The number of hydrogen-bond acceptors (Lipinski definition) is 5. The van der Waals surface area contributed by atoms with Gasteiger partial charge < -0.3 is 15.1 Å². The van der Waals surface area contributed by atoms with Crippen molar-refractivity contribution in [3.8, 4) is 0 Å². The van der Waals surface area contributed by atoms with Crippen molar-refractivity contribution >= 4 is 17.3 Å². The van der Waals surface area contributed by atoms with Crippen LogP contribution in [0.5, 0.6) is 0 Å². The fourth-order valence-corrected chi connectivity index (χ4v) is 1.65. The summed E-state index contributed by atoms with van der Waals surface area (Å²) in [5.41, 5.74) is -0.376. The lowest BCUT2D eigenvalue weighted by molar-refractivity contribution is -0.385. The Bertz CT molecular complexity index is 501. The molecule has 0 bridgehead atoms. The van der Waals surface area contributed by atoms with Crippen molar-refractivity contribution in [3.63, 3.8) is 0 Å². The number of hydrogen-bond donors (Lipinski definition) is 2. The number of aromatic carboxylic acids is 1. The van der Waals surface area contributed by atoms with Gasteiger partial charge in [-0.05, 0) is 12.1 Å². The van der Waals surface area contributed by atoms with Crippen molar-refractivity contribution in [3.05, 3.63) is 46.5 Å². The van der Waals surface area contributed by atoms with E-state index in [1.54, 1.807) is 11.0 Å². The van der Waals surface area contributed by atoms with Crippen LogP contribution in [0.4, 0.5) is 11.4 Å². The quantitative estimate of drug-likeness (QED) is 0.437. The molecule has 0 aromatic heterocycles. The van der Waals surface area contributed by atoms with Gasteiger partial charge in [-0.2, -0.15) is 0 Å². The Hall–Kier alpha value is -2.41. The molecule has 0 unspecified atom stereocenters. The zero-order chi connectivity index (χ0) is 14.4. The zero-order valence-electron chi connectivity index (χ0n) is 10.2. The third kappa shape index (κ3) is 3.52. The number of nitro groups is 1. The van der Waals surface area contributed by atoms with Crippen molar-refractivity contribution < 1.29 is 19.9 Å². The number of carboxylic acids is 1. The molecular formula is C12H14N2O5. The van der Waals surface area contributed by atoms with E-state index in [2.05, 4.69) is 6.58 Å². The van der Waals surface area contributed by atoms with Gasteiger partial charge in [-0.3, -0.25) is 10.1 Å². The van der Waals surface area contributed by atoms with E-state index in [0.717, 1.165) is 0 Å². The van der Waals surface area contributed by atoms with Gasteiger partial charge in [-0.1, -0.05) is 6.08 Å². The van der Waals surface area contributed by atoms with Gasteiger partial charge in [-0.15, -0.1) is 6.58 Å². The molecule has 7 heteroatoms. The maximum absolute atomic E-state index is 10.9. The summed E-state index contributed by atoms with van der Waals surface area (Å²) in [6, 6.07) is 3.83. The van der Waals surface area contributed by atoms with Crippen LogP contribution in [-0.2, 0) is 0 Å². The Labute approximate surface area is 109 Å². The van der Waals surface area contributed by atoms with Crippen molar-refractivity contribution in [1.82, 2.24) is 0 Å². The van der Waals surface area contributed by atoms with Gasteiger partial charge in [0, 0.05) is 24.8 Å². The van der Waals surface area contributed by atoms with Crippen molar-refractivity contribution in [2.24, 2.45) is 0 Å². The molecule has 0 atom stereocenters. The molecule has 0 saturated heterocycles. The highest BCUT2D eigenvalue weighted by atomic mass is 16.6. The van der Waals surface area contributed by atoms with Crippen LogP contribution in [-0.4, -0.2) is 40.8 Å². The second-order valence-corrected chi connectivity index (χ2v) is 3.72. The molecule has 0 fully saturated rings. The first-order chi connectivity index (χ1) is 9.01. The average molecular weight is 266 g/mol. The highest BCUT2D eigenvalue weighted by Gasteiger charge is 2.21. The third-order valence-corrected chi connectivity index (χ3v) is 2.49. The fourth-order valence-electron chi connectivity index (χ4n) is 1.65. The highest BCUT2D eigenvalue weighted by Crippen LogP contribution is 2.25. The summed E-state index contributed by atoms with van der Waals surface area (Å²) in [5.74, 6) is -1.35. The monoisotopic (exact) mass is 266 g/mol. The molecule has 0 amide bonds. The predicted molar refractivity (Wildman–Crippen MR) is 69.6 cm³/mol. The molecule has 0 aliphatic heterocycles. The summed E-state index contributed by atoms with van der Waals surface area (Å²) >= 11 is 0. The molecule has 1 aromatic carbocycles. The molecule has 0 aliphatic carbocycles. The van der Waals surface area contributed by atoms with Crippen LogP contribution < -0.4 is 4.90 Å². The number of aliphatic hydroxyl groups is 1. The van der Waals surface area contributed by atoms with Crippen LogP contribution >= 0.6 is 0 Å². The number of rotatable bonds is 7. The molecule has 0 saturated carbocycles. The molecule has 1 aromatic rings. The van der Waals surface area contributed by atoms with E-state index in [9.17, 15) is 14.9 Å². The Morgan fingerprint density at radius 2 is 2.21 bits per heavy atom. The van der Waals surface area contributed by atoms with Gasteiger partial charge in [0.1, 0.15) is 5.56 Å². The van der Waals surface area contributed by atoms with Gasteiger partial charge in [0.15, 0.2) is 0 Å². The summed E-state index contributed by atoms with van der Waals surface area (Å²) < 4.78 is 0. The Morgan fingerprint density at radius 3 is 2.68 bits per heavy atom. The lowest BCUT2D eigenvalue weighted by Gasteiger charge is -2.22. The molecule has 0 radical (unpaired) electrons. The van der Waals surface area contributed by atoms with Crippen LogP contribution in [0.3, 0.4) is 0 Å². The first-order valence-electron chi connectivity index (χ1n) is 5.49. The largest absolute Gasteiger partial charge is 0.477 e. The second-order valence-electron chi connectivity index (χ2n) is 3.72. The SMILES string of the molecule is C=CCN(CCO)c1ccc(C(=O)O)c([N+](=O)[O-])c1. The van der Waals surface area contributed by atoms with E-state index in [0.29, 0.717) is 12.2 Å². The van der Waals surface area contributed by atoms with Gasteiger partial charge in [0.05, 0.1) is 11.5 Å². The first-order valence-corrected chi connectivity index (χ1v) is 5.49. The summed E-state index contributed by atoms with van der Waals surface area (Å²) in [4.78, 5) is 22.7. The van der Waals surface area contributed by atoms with Crippen LogP contribution in [0, 0.1) is 10.1 Å². The molecule has 7 nitrogen and oxygen atoms in total. The number of carboxylic acid groups (broad SMARTS) is 1. The third-order valence-electron chi connectivity index (χ3n) is 2.49. The van der Waals surface area contributed by atoms with Crippen molar-refractivity contribution in [2.75, 3.05) is 24.6 Å². The summed E-state index contributed by atoms with van der Waals surface area (Å²) in [6.07, 6.45) is 1.59. The minimum absolute atomic E-state index is 0.123. The molecule has 102 valence electrons. The number of nitro benzene ring substituents is 1. The molecule has 0 spiro atoms. The van der Waals surface area contributed by atoms with E-state index >= 15 is 0 Å². The van der Waals surface area contributed by atoms with E-state index in [1.807, 2.05) is 0 Å². The standard InChI is InChI=1S/C12H14N2O5/c1-2-5-13(6-7-15)9-3-4-10(12(16)17)11(8-9)14(18)19/h2-4,8,15H,1,5-7H2,(H,16,17). The number of nitrogens with zero attached hydrogens (tertiary/aromatic N) is 2. The predicted octanol–water partition coefficient (Wildman–Crippen LogP) is 1.28. The van der Waals surface area contributed by atoms with E-state index in [4.69, 9.17) is 10.2 Å². The minimum atomic E-state index is -1.35. The van der Waals surface area contributed by atoms with E-state index in [-0.39, 0.29) is 18.7 Å². The van der Waals surface area contributed by atoms with E-state index < -0.39 is 16.6 Å². The first kappa shape index (κ1) is 14.7. The number of aliphatic hydroxyl groups excluding tert-OH is 1. The fraction of sp³-hybridized carbons (Fsp3) is 0.250. The highest BCUT2D eigenvalue weighted by molar-refractivity contribution is 5.93. The number of anilines is 1. The Kier molecular flexibility index (Phi) is 5.01. The Morgan fingerprint density at radius 1 is 1.53 bits per heavy atom. The van der Waals surface area contributed by atoms with Crippen LogP contribution in [0.1, 0.15) is 10.4 Å². The smallest absolute Gasteiger partial charge is 0.342 e. The maximum atomic E-state index is 10.9. The second kappa shape index (κ2) is 6.50. The van der Waals surface area contributed by atoms with Crippen molar-refractivity contribution in [1.29, 1.82) is 0 Å². The zero-order valence-corrected chi connectivity index (χ0v) is 10.2. The lowest BCUT2D eigenvalue weighted by Crippen LogP contribution is -2.26.